The summed E-state index contributed by atoms with van der Waals surface area (Å²) in [7, 11) is 0. The first-order valence-corrected chi connectivity index (χ1v) is 7.95. The molecule has 2 atom stereocenters. The predicted molar refractivity (Wildman–Crippen MR) is 84.3 cm³/mol. The number of nitrogens with one attached hydrogen (secondary N) is 1. The minimum atomic E-state index is 0.459. The lowest BCUT2D eigenvalue weighted by Gasteiger charge is -2.38. The zero-order valence-electron chi connectivity index (χ0n) is 13.1. The molecule has 1 aromatic rings. The number of piperidine rings is 1. The SMILES string of the molecule is CCOc1ccc(C(C)N(CC)C2CCCNC2)cc1. The molecule has 1 aliphatic rings. The average molecular weight is 276 g/mol. The monoisotopic (exact) mass is 276 g/mol. The highest BCUT2D eigenvalue weighted by Crippen LogP contribution is 2.26. The molecule has 0 spiro atoms. The molecule has 2 unspecified atom stereocenters. The van der Waals surface area contributed by atoms with Crippen molar-refractivity contribution in [1.82, 2.24) is 10.2 Å². The molecule has 0 aliphatic carbocycles. The van der Waals surface area contributed by atoms with Gasteiger partial charge in [0.05, 0.1) is 6.61 Å². The number of hydrogen-bond donors (Lipinski definition) is 1. The number of nitrogens with zero attached hydrogens (tertiary/aromatic N) is 1. The number of benzene rings is 1. The lowest BCUT2D eigenvalue weighted by molar-refractivity contribution is 0.128. The standard InChI is InChI=1S/C17H28N2O/c1-4-19(16-7-6-12-18-13-16)14(3)15-8-10-17(11-9-15)20-5-2/h8-11,14,16,18H,4-7,12-13H2,1-3H3. The van der Waals surface area contributed by atoms with Gasteiger partial charge in [0.15, 0.2) is 0 Å². The Labute approximate surface area is 123 Å². The Morgan fingerprint density at radius 1 is 1.30 bits per heavy atom. The minimum absolute atomic E-state index is 0.459. The Bertz CT molecular complexity index is 384. The summed E-state index contributed by atoms with van der Waals surface area (Å²) in [6.07, 6.45) is 2.60. The highest BCUT2D eigenvalue weighted by atomic mass is 16.5. The molecule has 1 aliphatic heterocycles. The topological polar surface area (TPSA) is 24.5 Å². The van der Waals surface area contributed by atoms with Crippen LogP contribution in [0.3, 0.4) is 0 Å². The van der Waals surface area contributed by atoms with Gasteiger partial charge in [-0.05, 0) is 57.5 Å². The van der Waals surface area contributed by atoms with E-state index >= 15 is 0 Å². The summed E-state index contributed by atoms with van der Waals surface area (Å²) in [5, 5.41) is 3.52. The Hall–Kier alpha value is -1.06. The van der Waals surface area contributed by atoms with Crippen LogP contribution in [0.4, 0.5) is 0 Å². The van der Waals surface area contributed by atoms with Crippen LogP contribution < -0.4 is 10.1 Å². The number of likely N-dealkylation sites (N-methyl/N-ethyl adjacent to an activating group) is 1. The molecule has 3 heteroatoms. The quantitative estimate of drug-likeness (QED) is 0.863. The van der Waals surface area contributed by atoms with Crippen LogP contribution >= 0.6 is 0 Å². The van der Waals surface area contributed by atoms with Crippen LogP contribution in [0.2, 0.25) is 0 Å². The molecule has 1 aromatic carbocycles. The Morgan fingerprint density at radius 3 is 2.60 bits per heavy atom. The first-order chi connectivity index (χ1) is 9.76. The Balaban J connectivity index is 2.04. The first-order valence-electron chi connectivity index (χ1n) is 7.95. The van der Waals surface area contributed by atoms with Crippen molar-refractivity contribution < 1.29 is 4.74 Å². The second-order valence-corrected chi connectivity index (χ2v) is 5.51. The van der Waals surface area contributed by atoms with E-state index in [9.17, 15) is 0 Å². The third-order valence-corrected chi connectivity index (χ3v) is 4.28. The molecule has 1 heterocycles. The highest BCUT2D eigenvalue weighted by Gasteiger charge is 2.24. The molecule has 1 saturated heterocycles. The van der Waals surface area contributed by atoms with E-state index in [1.165, 1.54) is 24.9 Å². The maximum absolute atomic E-state index is 5.52. The molecule has 0 bridgehead atoms. The zero-order valence-corrected chi connectivity index (χ0v) is 13.1. The fourth-order valence-electron chi connectivity index (χ4n) is 3.17. The predicted octanol–water partition coefficient (Wildman–Crippen LogP) is 3.22. The summed E-state index contributed by atoms with van der Waals surface area (Å²) in [6, 6.07) is 9.70. The highest BCUT2D eigenvalue weighted by molar-refractivity contribution is 5.29. The first kappa shape index (κ1) is 15.3. The molecule has 1 N–H and O–H groups in total. The van der Waals surface area contributed by atoms with Crippen LogP contribution in [-0.2, 0) is 0 Å². The van der Waals surface area contributed by atoms with Gasteiger partial charge in [-0.3, -0.25) is 4.90 Å². The number of ether oxygens (including phenoxy) is 1. The maximum atomic E-state index is 5.52. The lowest BCUT2D eigenvalue weighted by atomic mass is 10.0. The van der Waals surface area contributed by atoms with Gasteiger partial charge >= 0.3 is 0 Å². The summed E-state index contributed by atoms with van der Waals surface area (Å²) < 4.78 is 5.52. The van der Waals surface area contributed by atoms with Gasteiger partial charge in [-0.15, -0.1) is 0 Å². The van der Waals surface area contributed by atoms with Crippen molar-refractivity contribution in [3.8, 4) is 5.75 Å². The van der Waals surface area contributed by atoms with E-state index in [0.29, 0.717) is 12.1 Å². The van der Waals surface area contributed by atoms with Crippen LogP contribution in [0.15, 0.2) is 24.3 Å². The van der Waals surface area contributed by atoms with Crippen LogP contribution in [0.1, 0.15) is 45.2 Å². The summed E-state index contributed by atoms with van der Waals surface area (Å²) in [6.45, 7) is 10.7. The average Bonchev–Trinajstić information content (AvgIpc) is 2.50. The molecule has 0 radical (unpaired) electrons. The fourth-order valence-corrected chi connectivity index (χ4v) is 3.17. The van der Waals surface area contributed by atoms with Gasteiger partial charge in [0.1, 0.15) is 5.75 Å². The van der Waals surface area contributed by atoms with Crippen molar-refractivity contribution in [2.45, 2.75) is 45.7 Å². The van der Waals surface area contributed by atoms with Gasteiger partial charge in [-0.1, -0.05) is 19.1 Å². The number of rotatable bonds is 6. The molecule has 2 rings (SSSR count). The van der Waals surface area contributed by atoms with Crippen LogP contribution in [0, 0.1) is 0 Å². The normalized spacial score (nSPS) is 20.9. The summed E-state index contributed by atoms with van der Waals surface area (Å²) in [5.74, 6) is 0.964. The van der Waals surface area contributed by atoms with Crippen LogP contribution in [0.25, 0.3) is 0 Å². The van der Waals surface area contributed by atoms with E-state index in [0.717, 1.165) is 25.4 Å². The van der Waals surface area contributed by atoms with E-state index in [2.05, 4.69) is 48.3 Å². The third kappa shape index (κ3) is 3.74. The molecule has 20 heavy (non-hydrogen) atoms. The third-order valence-electron chi connectivity index (χ3n) is 4.28. The van der Waals surface area contributed by atoms with Crippen molar-refractivity contribution in [3.63, 3.8) is 0 Å². The van der Waals surface area contributed by atoms with Crippen molar-refractivity contribution in [2.24, 2.45) is 0 Å². The van der Waals surface area contributed by atoms with Gasteiger partial charge in [-0.25, -0.2) is 0 Å². The Kier molecular flexibility index (Phi) is 5.86. The van der Waals surface area contributed by atoms with Crippen LogP contribution in [0.5, 0.6) is 5.75 Å². The van der Waals surface area contributed by atoms with E-state index < -0.39 is 0 Å². The second-order valence-electron chi connectivity index (χ2n) is 5.51. The van der Waals surface area contributed by atoms with Crippen molar-refractivity contribution >= 4 is 0 Å². The van der Waals surface area contributed by atoms with Crippen molar-refractivity contribution in [2.75, 3.05) is 26.2 Å². The van der Waals surface area contributed by atoms with E-state index in [1.807, 2.05) is 6.92 Å². The van der Waals surface area contributed by atoms with Gasteiger partial charge < -0.3 is 10.1 Å². The van der Waals surface area contributed by atoms with Crippen molar-refractivity contribution in [3.05, 3.63) is 29.8 Å². The molecule has 3 nitrogen and oxygen atoms in total. The molecule has 112 valence electrons. The van der Waals surface area contributed by atoms with E-state index in [-0.39, 0.29) is 0 Å². The van der Waals surface area contributed by atoms with Gasteiger partial charge in [0, 0.05) is 18.6 Å². The zero-order chi connectivity index (χ0) is 14.4. The van der Waals surface area contributed by atoms with E-state index in [1.54, 1.807) is 0 Å². The molecule has 0 amide bonds. The van der Waals surface area contributed by atoms with Gasteiger partial charge in [0.2, 0.25) is 0 Å². The lowest BCUT2D eigenvalue weighted by Crippen LogP contribution is -2.46. The minimum Gasteiger partial charge on any atom is -0.494 e. The fraction of sp³-hybridized carbons (Fsp3) is 0.647. The Morgan fingerprint density at radius 2 is 2.05 bits per heavy atom. The number of hydrogen-bond acceptors (Lipinski definition) is 3. The second kappa shape index (κ2) is 7.65. The van der Waals surface area contributed by atoms with Gasteiger partial charge in [-0.2, -0.15) is 0 Å². The summed E-state index contributed by atoms with van der Waals surface area (Å²) in [4.78, 5) is 2.61. The molecular formula is C17H28N2O. The molecule has 1 fully saturated rings. The largest absolute Gasteiger partial charge is 0.494 e. The van der Waals surface area contributed by atoms with Gasteiger partial charge in [0.25, 0.3) is 0 Å². The summed E-state index contributed by atoms with van der Waals surface area (Å²) >= 11 is 0. The molecular weight excluding hydrogens is 248 g/mol. The van der Waals surface area contributed by atoms with Crippen molar-refractivity contribution in [1.29, 1.82) is 0 Å². The molecule has 0 aromatic heterocycles. The molecule has 0 saturated carbocycles. The van der Waals surface area contributed by atoms with E-state index in [4.69, 9.17) is 4.74 Å². The maximum Gasteiger partial charge on any atom is 0.119 e. The summed E-state index contributed by atoms with van der Waals surface area (Å²) in [5.41, 5.74) is 1.38. The smallest absolute Gasteiger partial charge is 0.119 e. The van der Waals surface area contributed by atoms with Crippen LogP contribution in [-0.4, -0.2) is 37.2 Å².